The normalized spacial score (nSPS) is 12.9. The molecule has 3 rings (SSSR count). The molecule has 3 aromatic rings. The summed E-state index contributed by atoms with van der Waals surface area (Å²) in [4.78, 5) is 4.63. The van der Waals surface area contributed by atoms with E-state index in [0.29, 0.717) is 6.04 Å². The van der Waals surface area contributed by atoms with Crippen molar-refractivity contribution in [1.29, 1.82) is 0 Å². The number of hydrogen-bond donors (Lipinski definition) is 1. The summed E-state index contributed by atoms with van der Waals surface area (Å²) in [5.41, 5.74) is 2.29. The molecule has 0 aliphatic rings. The van der Waals surface area contributed by atoms with E-state index in [9.17, 15) is 0 Å². The highest BCUT2D eigenvalue weighted by atomic mass is 32.1. The van der Waals surface area contributed by atoms with E-state index in [1.807, 2.05) is 16.9 Å². The van der Waals surface area contributed by atoms with Crippen molar-refractivity contribution in [1.82, 2.24) is 20.1 Å². The molecule has 0 spiro atoms. The van der Waals surface area contributed by atoms with Gasteiger partial charge in [-0.05, 0) is 31.5 Å². The summed E-state index contributed by atoms with van der Waals surface area (Å²) in [6, 6.07) is 8.63. The maximum Gasteiger partial charge on any atom is 0.108 e. The molecule has 0 aliphatic heterocycles. The lowest BCUT2D eigenvalue weighted by atomic mass is 10.3. The number of hydrogen-bond acceptors (Lipinski definition) is 4. The average molecular weight is 286 g/mol. The Bertz CT molecular complexity index is 668. The number of fused-ring (bicyclic) bond motifs is 1. The van der Waals surface area contributed by atoms with Crippen molar-refractivity contribution in [3.63, 3.8) is 0 Å². The molecule has 0 saturated heterocycles. The smallest absolute Gasteiger partial charge is 0.108 e. The highest BCUT2D eigenvalue weighted by molar-refractivity contribution is 7.18. The summed E-state index contributed by atoms with van der Waals surface area (Å²) in [6.45, 7) is 5.91. The second kappa shape index (κ2) is 5.73. The summed E-state index contributed by atoms with van der Waals surface area (Å²) in [5, 5.41) is 8.95. The van der Waals surface area contributed by atoms with Gasteiger partial charge in [0.05, 0.1) is 23.0 Å². The lowest BCUT2D eigenvalue weighted by Gasteiger charge is -2.12. The number of benzene rings is 1. The van der Waals surface area contributed by atoms with Crippen LogP contribution in [0.25, 0.3) is 10.2 Å². The fourth-order valence-corrected chi connectivity index (χ4v) is 3.09. The molecule has 0 amide bonds. The molecule has 1 atom stereocenters. The Kier molecular flexibility index (Phi) is 3.80. The highest BCUT2D eigenvalue weighted by Gasteiger charge is 2.07. The van der Waals surface area contributed by atoms with E-state index in [4.69, 9.17) is 0 Å². The first-order chi connectivity index (χ1) is 9.70. The molecule has 0 fully saturated rings. The predicted molar refractivity (Wildman–Crippen MR) is 82.9 cm³/mol. The monoisotopic (exact) mass is 286 g/mol. The summed E-state index contributed by atoms with van der Waals surface area (Å²) in [7, 11) is 0. The molecule has 2 heterocycles. The lowest BCUT2D eigenvalue weighted by molar-refractivity contribution is 0.450. The van der Waals surface area contributed by atoms with Crippen molar-refractivity contribution in [2.45, 2.75) is 33.0 Å². The molecular weight excluding hydrogens is 268 g/mol. The van der Waals surface area contributed by atoms with Crippen LogP contribution in [-0.2, 0) is 13.1 Å². The van der Waals surface area contributed by atoms with Crippen molar-refractivity contribution < 1.29 is 0 Å². The third-order valence-corrected chi connectivity index (χ3v) is 4.20. The standard InChI is InChI=1S/C15H18N4S/c1-11-7-17-19(9-11)10-12(2)16-8-15-18-13-5-3-4-6-14(13)20-15/h3-7,9,12,16H,8,10H2,1-2H3/t12-/m0/s1. The third kappa shape index (κ3) is 3.05. The Hall–Kier alpha value is -1.72. The van der Waals surface area contributed by atoms with E-state index in [1.165, 1.54) is 10.3 Å². The first-order valence-electron chi connectivity index (χ1n) is 6.77. The van der Waals surface area contributed by atoms with Crippen LogP contribution in [0.5, 0.6) is 0 Å². The predicted octanol–water partition coefficient (Wildman–Crippen LogP) is 2.98. The van der Waals surface area contributed by atoms with Gasteiger partial charge in [0.25, 0.3) is 0 Å². The van der Waals surface area contributed by atoms with Crippen molar-refractivity contribution in [3.8, 4) is 0 Å². The number of thiazole rings is 1. The Balaban J connectivity index is 1.58. The van der Waals surface area contributed by atoms with Gasteiger partial charge in [-0.2, -0.15) is 5.10 Å². The molecule has 0 saturated carbocycles. The zero-order chi connectivity index (χ0) is 13.9. The van der Waals surface area contributed by atoms with Crippen molar-refractivity contribution in [3.05, 3.63) is 47.2 Å². The molecule has 2 aromatic heterocycles. The molecule has 0 aliphatic carbocycles. The molecule has 0 unspecified atom stereocenters. The topological polar surface area (TPSA) is 42.7 Å². The number of para-hydroxylation sites is 1. The Morgan fingerprint density at radius 1 is 1.35 bits per heavy atom. The number of aryl methyl sites for hydroxylation is 1. The highest BCUT2D eigenvalue weighted by Crippen LogP contribution is 2.21. The van der Waals surface area contributed by atoms with E-state index in [-0.39, 0.29) is 0 Å². The van der Waals surface area contributed by atoms with Crippen molar-refractivity contribution in [2.24, 2.45) is 0 Å². The summed E-state index contributed by atoms with van der Waals surface area (Å²) in [5.74, 6) is 0. The van der Waals surface area contributed by atoms with Gasteiger partial charge >= 0.3 is 0 Å². The van der Waals surface area contributed by atoms with Gasteiger partial charge in [-0.15, -0.1) is 11.3 Å². The van der Waals surface area contributed by atoms with Crippen LogP contribution in [-0.4, -0.2) is 20.8 Å². The van der Waals surface area contributed by atoms with Crippen LogP contribution in [0.4, 0.5) is 0 Å². The molecule has 0 bridgehead atoms. The third-order valence-electron chi connectivity index (χ3n) is 3.16. The van der Waals surface area contributed by atoms with E-state index in [2.05, 4.69) is 53.6 Å². The van der Waals surface area contributed by atoms with Gasteiger partial charge in [0.15, 0.2) is 0 Å². The van der Waals surface area contributed by atoms with Crippen LogP contribution < -0.4 is 5.32 Å². The first-order valence-corrected chi connectivity index (χ1v) is 7.59. The second-order valence-electron chi connectivity index (χ2n) is 5.10. The van der Waals surface area contributed by atoms with E-state index < -0.39 is 0 Å². The molecule has 20 heavy (non-hydrogen) atoms. The molecule has 0 radical (unpaired) electrons. The molecular formula is C15H18N4S. The largest absolute Gasteiger partial charge is 0.306 e. The molecule has 104 valence electrons. The van der Waals surface area contributed by atoms with E-state index in [1.54, 1.807) is 11.3 Å². The minimum absolute atomic E-state index is 0.362. The summed E-state index contributed by atoms with van der Waals surface area (Å²) < 4.78 is 3.23. The van der Waals surface area contributed by atoms with Gasteiger partial charge in [0, 0.05) is 18.8 Å². The van der Waals surface area contributed by atoms with Crippen molar-refractivity contribution in [2.75, 3.05) is 0 Å². The lowest BCUT2D eigenvalue weighted by Crippen LogP contribution is -2.30. The fourth-order valence-electron chi connectivity index (χ4n) is 2.17. The number of rotatable bonds is 5. The van der Waals surface area contributed by atoms with Crippen LogP contribution in [0.15, 0.2) is 36.7 Å². The van der Waals surface area contributed by atoms with Crippen LogP contribution >= 0.6 is 11.3 Å². The van der Waals surface area contributed by atoms with E-state index >= 15 is 0 Å². The van der Waals surface area contributed by atoms with Crippen LogP contribution in [0, 0.1) is 6.92 Å². The molecule has 1 aromatic carbocycles. The quantitative estimate of drug-likeness (QED) is 0.784. The average Bonchev–Trinajstić information content (AvgIpc) is 3.02. The van der Waals surface area contributed by atoms with Crippen LogP contribution in [0.1, 0.15) is 17.5 Å². The SMILES string of the molecule is Cc1cnn(C[C@H](C)NCc2nc3ccccc3s2)c1. The molecule has 1 N–H and O–H groups in total. The van der Waals surface area contributed by atoms with Crippen LogP contribution in [0.2, 0.25) is 0 Å². The van der Waals surface area contributed by atoms with E-state index in [0.717, 1.165) is 23.6 Å². The fraction of sp³-hybridized carbons (Fsp3) is 0.333. The second-order valence-corrected chi connectivity index (χ2v) is 6.21. The van der Waals surface area contributed by atoms with Gasteiger partial charge < -0.3 is 5.32 Å². The number of aromatic nitrogens is 3. The Labute approximate surface area is 122 Å². The van der Waals surface area contributed by atoms with Gasteiger partial charge in [-0.1, -0.05) is 12.1 Å². The Morgan fingerprint density at radius 2 is 2.20 bits per heavy atom. The maximum absolute atomic E-state index is 4.63. The summed E-state index contributed by atoms with van der Waals surface area (Å²) in [6.07, 6.45) is 3.95. The molecule has 4 nitrogen and oxygen atoms in total. The van der Waals surface area contributed by atoms with Gasteiger partial charge in [0.1, 0.15) is 5.01 Å². The zero-order valence-electron chi connectivity index (χ0n) is 11.7. The summed E-state index contributed by atoms with van der Waals surface area (Å²) >= 11 is 1.75. The minimum atomic E-state index is 0.362. The van der Waals surface area contributed by atoms with Crippen LogP contribution in [0.3, 0.4) is 0 Å². The first kappa shape index (κ1) is 13.3. The number of nitrogens with one attached hydrogen (secondary N) is 1. The minimum Gasteiger partial charge on any atom is -0.306 e. The van der Waals surface area contributed by atoms with Gasteiger partial charge in [0.2, 0.25) is 0 Å². The maximum atomic E-state index is 4.63. The van der Waals surface area contributed by atoms with Gasteiger partial charge in [-0.25, -0.2) is 4.98 Å². The number of nitrogens with zero attached hydrogens (tertiary/aromatic N) is 3. The zero-order valence-corrected chi connectivity index (χ0v) is 12.5. The van der Waals surface area contributed by atoms with Crippen molar-refractivity contribution >= 4 is 21.6 Å². The molecule has 5 heteroatoms. The Morgan fingerprint density at radius 3 is 2.95 bits per heavy atom. The van der Waals surface area contributed by atoms with Gasteiger partial charge in [-0.3, -0.25) is 4.68 Å².